The summed E-state index contributed by atoms with van der Waals surface area (Å²) in [6.07, 6.45) is 0.810. The molecule has 2 aromatic rings. The van der Waals surface area contributed by atoms with Gasteiger partial charge in [-0.15, -0.1) is 0 Å². The van der Waals surface area contributed by atoms with Crippen molar-refractivity contribution in [3.63, 3.8) is 0 Å². The van der Waals surface area contributed by atoms with Crippen LogP contribution in [0.4, 0.5) is 0 Å². The fourth-order valence-electron chi connectivity index (χ4n) is 1.69. The summed E-state index contributed by atoms with van der Waals surface area (Å²) in [7, 11) is 0. The lowest BCUT2D eigenvalue weighted by atomic mass is 10.1. The largest absolute Gasteiger partial charge is 0.296 e. The van der Waals surface area contributed by atoms with Crippen molar-refractivity contribution in [2.75, 3.05) is 0 Å². The third-order valence-corrected chi connectivity index (χ3v) is 2.36. The Morgan fingerprint density at radius 3 is 2.53 bits per heavy atom. The number of hydrogen-bond acceptors (Lipinski definition) is 2. The summed E-state index contributed by atoms with van der Waals surface area (Å²) in [6, 6.07) is 7.79. The first-order chi connectivity index (χ1) is 7.04. The number of benzene rings is 1. The van der Waals surface area contributed by atoms with E-state index < -0.39 is 0 Å². The van der Waals surface area contributed by atoms with Crippen LogP contribution in [0.1, 0.15) is 31.3 Å². The summed E-state index contributed by atoms with van der Waals surface area (Å²) in [4.78, 5) is 10.9. The van der Waals surface area contributed by atoms with Crippen LogP contribution >= 0.6 is 0 Å². The summed E-state index contributed by atoms with van der Waals surface area (Å²) in [5.41, 5.74) is 1.41. The second-order valence-electron chi connectivity index (χ2n) is 4.60. The number of carbonyl (C=O) groups excluding carboxylic acids is 1. The number of nitrogens with zero attached hydrogens (tertiary/aromatic N) is 2. The van der Waals surface area contributed by atoms with E-state index in [4.69, 9.17) is 0 Å². The summed E-state index contributed by atoms with van der Waals surface area (Å²) in [5, 5.41) is 5.25. The van der Waals surface area contributed by atoms with E-state index in [1.54, 1.807) is 0 Å². The summed E-state index contributed by atoms with van der Waals surface area (Å²) < 4.78 is 1.89. The molecule has 0 amide bonds. The molecule has 0 unspecified atom stereocenters. The molecule has 1 aromatic carbocycles. The van der Waals surface area contributed by atoms with Gasteiger partial charge in [-0.25, -0.2) is 0 Å². The Bertz CT molecular complexity index is 506. The van der Waals surface area contributed by atoms with E-state index in [2.05, 4.69) is 25.9 Å². The van der Waals surface area contributed by atoms with E-state index in [0.29, 0.717) is 5.69 Å². The number of carbonyl (C=O) groups is 1. The fraction of sp³-hybridized carbons (Fsp3) is 0.333. The molecular formula is C12H14N2O. The zero-order chi connectivity index (χ0) is 11.1. The predicted molar refractivity (Wildman–Crippen MR) is 60.1 cm³/mol. The highest BCUT2D eigenvalue weighted by atomic mass is 16.1. The summed E-state index contributed by atoms with van der Waals surface area (Å²) in [5.74, 6) is 0. The lowest BCUT2D eigenvalue weighted by Crippen LogP contribution is -2.23. The second-order valence-corrected chi connectivity index (χ2v) is 4.60. The molecule has 3 heteroatoms. The molecular weight excluding hydrogens is 188 g/mol. The van der Waals surface area contributed by atoms with Crippen molar-refractivity contribution in [2.45, 2.75) is 26.3 Å². The van der Waals surface area contributed by atoms with E-state index in [-0.39, 0.29) is 5.54 Å². The average Bonchev–Trinajstić information content (AvgIpc) is 2.55. The van der Waals surface area contributed by atoms with Crippen molar-refractivity contribution >= 4 is 17.2 Å². The molecule has 2 rings (SSSR count). The van der Waals surface area contributed by atoms with Gasteiger partial charge in [0.05, 0.1) is 11.1 Å². The first kappa shape index (κ1) is 9.90. The van der Waals surface area contributed by atoms with Gasteiger partial charge in [0, 0.05) is 5.39 Å². The molecule has 0 atom stereocenters. The van der Waals surface area contributed by atoms with Gasteiger partial charge in [-0.2, -0.15) is 5.10 Å². The minimum atomic E-state index is -0.110. The van der Waals surface area contributed by atoms with Crippen LogP contribution in [0.15, 0.2) is 24.3 Å². The molecule has 0 N–H and O–H groups in total. The molecule has 1 aromatic heterocycles. The van der Waals surface area contributed by atoms with Crippen molar-refractivity contribution < 1.29 is 4.79 Å². The van der Waals surface area contributed by atoms with Crippen LogP contribution < -0.4 is 0 Å². The molecule has 0 aliphatic rings. The lowest BCUT2D eigenvalue weighted by Gasteiger charge is -2.20. The highest BCUT2D eigenvalue weighted by Crippen LogP contribution is 2.23. The van der Waals surface area contributed by atoms with Crippen molar-refractivity contribution in [1.82, 2.24) is 9.78 Å². The number of aromatic nitrogens is 2. The van der Waals surface area contributed by atoms with E-state index in [0.717, 1.165) is 17.2 Å². The Morgan fingerprint density at radius 1 is 1.27 bits per heavy atom. The first-order valence-corrected chi connectivity index (χ1v) is 4.97. The van der Waals surface area contributed by atoms with Crippen molar-refractivity contribution in [3.05, 3.63) is 30.0 Å². The fourth-order valence-corrected chi connectivity index (χ4v) is 1.69. The van der Waals surface area contributed by atoms with Crippen LogP contribution in [0.5, 0.6) is 0 Å². The molecule has 1 heterocycles. The molecule has 3 nitrogen and oxygen atoms in total. The van der Waals surface area contributed by atoms with Crippen molar-refractivity contribution in [1.29, 1.82) is 0 Å². The molecule has 0 saturated heterocycles. The van der Waals surface area contributed by atoms with Gasteiger partial charge in [-0.3, -0.25) is 9.48 Å². The SMILES string of the molecule is CC(C)(C)n1nc(C=O)c2ccccc21. The van der Waals surface area contributed by atoms with E-state index in [9.17, 15) is 4.79 Å². The standard InChI is InChI=1S/C12H14N2O/c1-12(2,3)14-11-7-5-4-6-9(11)10(8-15)13-14/h4-8H,1-3H3. The Hall–Kier alpha value is -1.64. The zero-order valence-electron chi connectivity index (χ0n) is 9.19. The minimum Gasteiger partial charge on any atom is -0.296 e. The molecule has 0 radical (unpaired) electrons. The van der Waals surface area contributed by atoms with Gasteiger partial charge in [-0.05, 0) is 26.8 Å². The quantitative estimate of drug-likeness (QED) is 0.666. The maximum Gasteiger partial charge on any atom is 0.170 e. The maximum atomic E-state index is 10.9. The second kappa shape index (κ2) is 3.19. The highest BCUT2D eigenvalue weighted by Gasteiger charge is 2.19. The smallest absolute Gasteiger partial charge is 0.170 e. The zero-order valence-corrected chi connectivity index (χ0v) is 9.19. The Kier molecular flexibility index (Phi) is 2.11. The molecule has 15 heavy (non-hydrogen) atoms. The van der Waals surface area contributed by atoms with Crippen LogP contribution in [0.3, 0.4) is 0 Å². The number of hydrogen-bond donors (Lipinski definition) is 0. The third kappa shape index (κ3) is 1.54. The number of rotatable bonds is 1. The third-order valence-electron chi connectivity index (χ3n) is 2.36. The van der Waals surface area contributed by atoms with Crippen LogP contribution in [0.25, 0.3) is 10.9 Å². The molecule has 0 aliphatic heterocycles. The van der Waals surface area contributed by atoms with Gasteiger partial charge in [-0.1, -0.05) is 18.2 Å². The van der Waals surface area contributed by atoms with Gasteiger partial charge in [0.25, 0.3) is 0 Å². The molecule has 78 valence electrons. The van der Waals surface area contributed by atoms with Crippen LogP contribution in [0, 0.1) is 0 Å². The normalized spacial score (nSPS) is 11.9. The van der Waals surface area contributed by atoms with Gasteiger partial charge in [0.15, 0.2) is 6.29 Å². The van der Waals surface area contributed by atoms with E-state index in [1.165, 1.54) is 0 Å². The summed E-state index contributed by atoms with van der Waals surface area (Å²) in [6.45, 7) is 6.21. The number of para-hydroxylation sites is 1. The topological polar surface area (TPSA) is 34.9 Å². The highest BCUT2D eigenvalue weighted by molar-refractivity contribution is 5.95. The molecule has 0 aliphatic carbocycles. The molecule has 0 spiro atoms. The lowest BCUT2D eigenvalue weighted by molar-refractivity contribution is 0.111. The van der Waals surface area contributed by atoms with Gasteiger partial charge >= 0.3 is 0 Å². The minimum absolute atomic E-state index is 0.110. The van der Waals surface area contributed by atoms with E-state index in [1.807, 2.05) is 28.9 Å². The predicted octanol–water partition coefficient (Wildman–Crippen LogP) is 2.60. The Labute approximate surface area is 88.7 Å². The molecule has 0 fully saturated rings. The average molecular weight is 202 g/mol. The van der Waals surface area contributed by atoms with Crippen LogP contribution in [-0.4, -0.2) is 16.1 Å². The van der Waals surface area contributed by atoms with Crippen LogP contribution in [0.2, 0.25) is 0 Å². The number of fused-ring (bicyclic) bond motifs is 1. The molecule has 0 bridgehead atoms. The molecule has 0 saturated carbocycles. The maximum absolute atomic E-state index is 10.9. The van der Waals surface area contributed by atoms with E-state index >= 15 is 0 Å². The monoisotopic (exact) mass is 202 g/mol. The van der Waals surface area contributed by atoms with Crippen LogP contribution in [-0.2, 0) is 5.54 Å². The van der Waals surface area contributed by atoms with Crippen molar-refractivity contribution in [2.24, 2.45) is 0 Å². The van der Waals surface area contributed by atoms with Crippen molar-refractivity contribution in [3.8, 4) is 0 Å². The number of aldehydes is 1. The first-order valence-electron chi connectivity index (χ1n) is 4.97. The van der Waals surface area contributed by atoms with Gasteiger partial charge in [0.2, 0.25) is 0 Å². The summed E-state index contributed by atoms with van der Waals surface area (Å²) >= 11 is 0. The Balaban J connectivity index is 2.82. The Morgan fingerprint density at radius 2 is 1.93 bits per heavy atom. The van der Waals surface area contributed by atoms with Gasteiger partial charge < -0.3 is 0 Å². The van der Waals surface area contributed by atoms with Gasteiger partial charge in [0.1, 0.15) is 5.69 Å².